The molecular formula is C12H15N3O2. The fraction of sp³-hybridized carbons (Fsp3) is 0.333. The van der Waals surface area contributed by atoms with Gasteiger partial charge in [-0.2, -0.15) is 0 Å². The van der Waals surface area contributed by atoms with Gasteiger partial charge in [0.05, 0.1) is 24.7 Å². The van der Waals surface area contributed by atoms with Crippen LogP contribution in [-0.4, -0.2) is 33.8 Å². The third kappa shape index (κ3) is 2.82. The van der Waals surface area contributed by atoms with Crippen molar-refractivity contribution in [2.24, 2.45) is 0 Å². The van der Waals surface area contributed by atoms with Crippen molar-refractivity contribution in [1.29, 1.82) is 0 Å². The van der Waals surface area contributed by atoms with Gasteiger partial charge < -0.3 is 9.84 Å². The third-order valence-electron chi connectivity index (χ3n) is 2.45. The number of rotatable bonds is 5. The number of methoxy groups -OCH3 is 1. The molecule has 0 unspecified atom stereocenters. The van der Waals surface area contributed by atoms with Gasteiger partial charge in [-0.15, -0.1) is 5.10 Å². The molecule has 2 rings (SSSR count). The van der Waals surface area contributed by atoms with E-state index < -0.39 is 0 Å². The summed E-state index contributed by atoms with van der Waals surface area (Å²) in [6.07, 6.45) is 3.31. The molecule has 1 aromatic carbocycles. The molecule has 0 aliphatic heterocycles. The predicted molar refractivity (Wildman–Crippen MR) is 63.3 cm³/mol. The number of hydrogen-bond donors (Lipinski definition) is 1. The molecule has 0 amide bonds. The van der Waals surface area contributed by atoms with Crippen LogP contribution in [0.4, 0.5) is 0 Å². The van der Waals surface area contributed by atoms with Gasteiger partial charge in [0, 0.05) is 12.7 Å². The van der Waals surface area contributed by atoms with Gasteiger partial charge in [-0.05, 0) is 25.0 Å². The maximum Gasteiger partial charge on any atom is 0.121 e. The van der Waals surface area contributed by atoms with Crippen LogP contribution in [0.3, 0.4) is 0 Å². The van der Waals surface area contributed by atoms with Crippen molar-refractivity contribution >= 4 is 0 Å². The molecule has 5 heteroatoms. The van der Waals surface area contributed by atoms with Crippen molar-refractivity contribution in [2.75, 3.05) is 13.7 Å². The summed E-state index contributed by atoms with van der Waals surface area (Å²) in [6, 6.07) is 7.62. The zero-order chi connectivity index (χ0) is 12.1. The van der Waals surface area contributed by atoms with E-state index in [4.69, 9.17) is 9.84 Å². The SMILES string of the molecule is COc1cccc(-n2cc(CCCO)nn2)c1. The van der Waals surface area contributed by atoms with Gasteiger partial charge in [-0.25, -0.2) is 4.68 Å². The smallest absolute Gasteiger partial charge is 0.121 e. The van der Waals surface area contributed by atoms with Crippen molar-refractivity contribution in [2.45, 2.75) is 12.8 Å². The Morgan fingerprint density at radius 2 is 2.29 bits per heavy atom. The summed E-state index contributed by atoms with van der Waals surface area (Å²) < 4.78 is 6.86. The van der Waals surface area contributed by atoms with E-state index >= 15 is 0 Å². The number of nitrogens with zero attached hydrogens (tertiary/aromatic N) is 3. The van der Waals surface area contributed by atoms with Crippen molar-refractivity contribution in [3.63, 3.8) is 0 Å². The number of aromatic nitrogens is 3. The molecule has 0 bridgehead atoms. The number of aryl methyl sites for hydroxylation is 1. The van der Waals surface area contributed by atoms with E-state index in [1.54, 1.807) is 11.8 Å². The van der Waals surface area contributed by atoms with E-state index in [1.807, 2.05) is 30.5 Å². The Hall–Kier alpha value is -1.88. The Bertz CT molecular complexity index is 482. The van der Waals surface area contributed by atoms with E-state index in [2.05, 4.69) is 10.3 Å². The molecule has 1 N–H and O–H groups in total. The van der Waals surface area contributed by atoms with E-state index in [-0.39, 0.29) is 6.61 Å². The van der Waals surface area contributed by atoms with Gasteiger partial charge in [0.15, 0.2) is 0 Å². The number of hydrogen-bond acceptors (Lipinski definition) is 4. The summed E-state index contributed by atoms with van der Waals surface area (Å²) in [7, 11) is 1.63. The Balaban J connectivity index is 2.18. The highest BCUT2D eigenvalue weighted by molar-refractivity contribution is 5.38. The standard InChI is InChI=1S/C12H15N3O2/c1-17-12-6-2-5-11(8-12)15-9-10(13-14-15)4-3-7-16/h2,5-6,8-9,16H,3-4,7H2,1H3. The van der Waals surface area contributed by atoms with Crippen LogP contribution in [0, 0.1) is 0 Å². The zero-order valence-corrected chi connectivity index (χ0v) is 9.71. The molecule has 0 spiro atoms. The fourth-order valence-corrected chi connectivity index (χ4v) is 1.55. The van der Waals surface area contributed by atoms with Gasteiger partial charge >= 0.3 is 0 Å². The zero-order valence-electron chi connectivity index (χ0n) is 9.71. The Labute approximate surface area is 99.7 Å². The van der Waals surface area contributed by atoms with Gasteiger partial charge in [0.1, 0.15) is 5.75 Å². The number of ether oxygens (including phenoxy) is 1. The lowest BCUT2D eigenvalue weighted by Crippen LogP contribution is -1.95. The molecule has 0 atom stereocenters. The minimum atomic E-state index is 0.173. The molecule has 0 saturated heterocycles. The Morgan fingerprint density at radius 1 is 1.41 bits per heavy atom. The minimum absolute atomic E-state index is 0.173. The van der Waals surface area contributed by atoms with Gasteiger partial charge in [0.25, 0.3) is 0 Å². The van der Waals surface area contributed by atoms with Gasteiger partial charge in [0.2, 0.25) is 0 Å². The van der Waals surface area contributed by atoms with Crippen molar-refractivity contribution in [1.82, 2.24) is 15.0 Å². The van der Waals surface area contributed by atoms with Crippen molar-refractivity contribution in [3.05, 3.63) is 36.2 Å². The first-order chi connectivity index (χ1) is 8.33. The van der Waals surface area contributed by atoms with E-state index in [0.717, 1.165) is 23.6 Å². The van der Waals surface area contributed by atoms with Crippen LogP contribution in [0.25, 0.3) is 5.69 Å². The maximum absolute atomic E-state index is 8.75. The third-order valence-corrected chi connectivity index (χ3v) is 2.45. The highest BCUT2D eigenvalue weighted by Gasteiger charge is 2.03. The van der Waals surface area contributed by atoms with E-state index in [1.165, 1.54) is 0 Å². The highest BCUT2D eigenvalue weighted by atomic mass is 16.5. The van der Waals surface area contributed by atoms with Crippen LogP contribution in [0.2, 0.25) is 0 Å². The monoisotopic (exact) mass is 233 g/mol. The Morgan fingerprint density at radius 3 is 3.06 bits per heavy atom. The molecule has 1 heterocycles. The van der Waals surface area contributed by atoms with Gasteiger partial charge in [-0.1, -0.05) is 11.3 Å². The molecule has 17 heavy (non-hydrogen) atoms. The summed E-state index contributed by atoms with van der Waals surface area (Å²) in [5.74, 6) is 0.787. The average Bonchev–Trinajstić information content (AvgIpc) is 2.85. The van der Waals surface area contributed by atoms with Crippen molar-refractivity contribution in [3.8, 4) is 11.4 Å². The first-order valence-electron chi connectivity index (χ1n) is 5.50. The minimum Gasteiger partial charge on any atom is -0.497 e. The first-order valence-corrected chi connectivity index (χ1v) is 5.50. The highest BCUT2D eigenvalue weighted by Crippen LogP contribution is 2.15. The molecule has 0 aliphatic carbocycles. The number of aliphatic hydroxyl groups excluding tert-OH is 1. The summed E-state index contributed by atoms with van der Waals surface area (Å²) in [5, 5.41) is 16.8. The maximum atomic E-state index is 8.75. The van der Waals surface area contributed by atoms with Crippen LogP contribution in [0.1, 0.15) is 12.1 Å². The first kappa shape index (κ1) is 11.6. The number of aliphatic hydroxyl groups is 1. The molecule has 0 aliphatic rings. The summed E-state index contributed by atoms with van der Waals surface area (Å²) in [6.45, 7) is 0.173. The lowest BCUT2D eigenvalue weighted by atomic mass is 10.2. The molecular weight excluding hydrogens is 218 g/mol. The number of benzene rings is 1. The van der Waals surface area contributed by atoms with Crippen LogP contribution in [-0.2, 0) is 6.42 Å². The molecule has 90 valence electrons. The predicted octanol–water partition coefficient (Wildman–Crippen LogP) is 1.20. The summed E-state index contributed by atoms with van der Waals surface area (Å²) >= 11 is 0. The lowest BCUT2D eigenvalue weighted by Gasteiger charge is -2.02. The van der Waals surface area contributed by atoms with E-state index in [9.17, 15) is 0 Å². The van der Waals surface area contributed by atoms with Crippen molar-refractivity contribution < 1.29 is 9.84 Å². The second kappa shape index (κ2) is 5.45. The lowest BCUT2D eigenvalue weighted by molar-refractivity contribution is 0.288. The van der Waals surface area contributed by atoms with Crippen LogP contribution >= 0.6 is 0 Å². The molecule has 1 aromatic heterocycles. The summed E-state index contributed by atoms with van der Waals surface area (Å²) in [4.78, 5) is 0. The molecule has 0 fully saturated rings. The van der Waals surface area contributed by atoms with E-state index in [0.29, 0.717) is 6.42 Å². The largest absolute Gasteiger partial charge is 0.497 e. The fourth-order valence-electron chi connectivity index (χ4n) is 1.55. The topological polar surface area (TPSA) is 60.2 Å². The quantitative estimate of drug-likeness (QED) is 0.843. The Kier molecular flexibility index (Phi) is 3.72. The normalized spacial score (nSPS) is 10.5. The average molecular weight is 233 g/mol. The van der Waals surface area contributed by atoms with Crippen LogP contribution < -0.4 is 4.74 Å². The second-order valence-corrected chi connectivity index (χ2v) is 3.68. The van der Waals surface area contributed by atoms with Crippen LogP contribution in [0.15, 0.2) is 30.5 Å². The molecule has 5 nitrogen and oxygen atoms in total. The second-order valence-electron chi connectivity index (χ2n) is 3.68. The van der Waals surface area contributed by atoms with Gasteiger partial charge in [-0.3, -0.25) is 0 Å². The van der Waals surface area contributed by atoms with Crippen LogP contribution in [0.5, 0.6) is 5.75 Å². The molecule has 0 saturated carbocycles. The summed E-state index contributed by atoms with van der Waals surface area (Å²) in [5.41, 5.74) is 1.79. The molecule has 0 radical (unpaired) electrons. The molecule has 2 aromatic rings.